The minimum Gasteiger partial charge on any atom is -0.388 e. The maximum absolute atomic E-state index is 10.6. The lowest BCUT2D eigenvalue weighted by Gasteiger charge is -2.26. The lowest BCUT2D eigenvalue weighted by Crippen LogP contribution is -2.36. The number of hydrogen-bond donors (Lipinski definition) is 3. The third kappa shape index (κ3) is 2.89. The molecule has 3 N–H and O–H groups in total. The van der Waals surface area contributed by atoms with Crippen LogP contribution in [0.4, 0.5) is 5.95 Å². The van der Waals surface area contributed by atoms with Crippen molar-refractivity contribution in [2.45, 2.75) is 44.1 Å². The molecule has 0 radical (unpaired) electrons. The first-order valence-corrected chi connectivity index (χ1v) is 7.16. The third-order valence-corrected chi connectivity index (χ3v) is 4.01. The summed E-state index contributed by atoms with van der Waals surface area (Å²) in [5.41, 5.74) is 1.41. The average Bonchev–Trinajstić information content (AvgIpc) is 2.72. The van der Waals surface area contributed by atoms with Gasteiger partial charge in [0.05, 0.1) is 16.6 Å². The molecule has 0 unspecified atom stereocenters. The number of aliphatic hydroxyl groups is 1. The van der Waals surface area contributed by atoms with Crippen molar-refractivity contribution >= 4 is 17.0 Å². The van der Waals surface area contributed by atoms with Gasteiger partial charge in [-0.05, 0) is 25.0 Å². The van der Waals surface area contributed by atoms with Gasteiger partial charge < -0.3 is 15.4 Å². The molecular weight excluding hydrogens is 238 g/mol. The molecule has 0 amide bonds. The smallest absolute Gasteiger partial charge is 0.201 e. The second kappa shape index (κ2) is 5.21. The summed E-state index contributed by atoms with van der Waals surface area (Å²) >= 11 is 0. The van der Waals surface area contributed by atoms with Gasteiger partial charge in [0, 0.05) is 6.54 Å². The van der Waals surface area contributed by atoms with Gasteiger partial charge in [0.2, 0.25) is 5.95 Å². The molecule has 2 aromatic rings. The Hall–Kier alpha value is -1.55. The van der Waals surface area contributed by atoms with Gasteiger partial charge >= 0.3 is 0 Å². The van der Waals surface area contributed by atoms with Crippen molar-refractivity contribution in [3.05, 3.63) is 24.3 Å². The fourth-order valence-corrected chi connectivity index (χ4v) is 2.85. The van der Waals surface area contributed by atoms with Crippen LogP contribution in [0.25, 0.3) is 11.0 Å². The number of benzene rings is 1. The number of fused-ring (bicyclic) bond motifs is 1. The maximum atomic E-state index is 10.6. The van der Waals surface area contributed by atoms with Gasteiger partial charge in [0.1, 0.15) is 0 Å². The minimum atomic E-state index is -0.574. The van der Waals surface area contributed by atoms with E-state index in [1.807, 2.05) is 24.3 Å². The minimum absolute atomic E-state index is 0.574. The van der Waals surface area contributed by atoms with Crippen LogP contribution < -0.4 is 5.32 Å². The summed E-state index contributed by atoms with van der Waals surface area (Å²) in [6, 6.07) is 7.96. The van der Waals surface area contributed by atoms with E-state index < -0.39 is 5.60 Å². The summed E-state index contributed by atoms with van der Waals surface area (Å²) < 4.78 is 0. The topological polar surface area (TPSA) is 60.9 Å². The molecule has 3 rings (SSSR count). The Morgan fingerprint density at radius 1 is 1.16 bits per heavy atom. The molecule has 1 saturated carbocycles. The van der Waals surface area contributed by atoms with E-state index in [1.165, 1.54) is 12.8 Å². The summed E-state index contributed by atoms with van der Waals surface area (Å²) in [6.45, 7) is 0.576. The van der Waals surface area contributed by atoms with E-state index in [9.17, 15) is 5.11 Å². The molecule has 1 aromatic heterocycles. The number of H-pyrrole nitrogens is 1. The van der Waals surface area contributed by atoms with Gasteiger partial charge in [0.15, 0.2) is 0 Å². The van der Waals surface area contributed by atoms with Crippen molar-refractivity contribution in [1.82, 2.24) is 9.97 Å². The van der Waals surface area contributed by atoms with Gasteiger partial charge in [0.25, 0.3) is 0 Å². The van der Waals surface area contributed by atoms with Gasteiger partial charge in [-0.15, -0.1) is 0 Å². The van der Waals surface area contributed by atoms with E-state index >= 15 is 0 Å². The molecule has 102 valence electrons. The van der Waals surface area contributed by atoms with Crippen molar-refractivity contribution < 1.29 is 5.11 Å². The zero-order valence-corrected chi connectivity index (χ0v) is 11.2. The fraction of sp³-hybridized carbons (Fsp3) is 0.533. The highest BCUT2D eigenvalue weighted by molar-refractivity contribution is 5.77. The Morgan fingerprint density at radius 2 is 1.89 bits per heavy atom. The zero-order chi connectivity index (χ0) is 13.1. The molecule has 0 saturated heterocycles. The molecule has 0 atom stereocenters. The quantitative estimate of drug-likeness (QED) is 0.742. The zero-order valence-electron chi connectivity index (χ0n) is 11.2. The number of imidazole rings is 1. The highest BCUT2D eigenvalue weighted by Gasteiger charge is 2.27. The van der Waals surface area contributed by atoms with Crippen molar-refractivity contribution in [3.63, 3.8) is 0 Å². The van der Waals surface area contributed by atoms with Gasteiger partial charge in [-0.2, -0.15) is 0 Å². The van der Waals surface area contributed by atoms with Crippen LogP contribution in [-0.4, -0.2) is 27.2 Å². The number of aromatic nitrogens is 2. The monoisotopic (exact) mass is 259 g/mol. The number of anilines is 1. The Labute approximate surface area is 113 Å². The molecule has 0 aliphatic heterocycles. The van der Waals surface area contributed by atoms with E-state index in [-0.39, 0.29) is 0 Å². The SMILES string of the molecule is OC1(CNc2nc3ccccc3[nH]2)CCCCCC1. The Kier molecular flexibility index (Phi) is 3.42. The number of rotatable bonds is 3. The summed E-state index contributed by atoms with van der Waals surface area (Å²) in [5.74, 6) is 0.749. The number of nitrogens with one attached hydrogen (secondary N) is 2. The van der Waals surface area contributed by atoms with Crippen molar-refractivity contribution in [1.29, 1.82) is 0 Å². The molecule has 4 heteroatoms. The fourth-order valence-electron chi connectivity index (χ4n) is 2.85. The highest BCUT2D eigenvalue weighted by Crippen LogP contribution is 2.27. The molecule has 1 aliphatic rings. The van der Waals surface area contributed by atoms with E-state index in [0.717, 1.165) is 42.7 Å². The maximum Gasteiger partial charge on any atom is 0.201 e. The van der Waals surface area contributed by atoms with Gasteiger partial charge in [-0.3, -0.25) is 0 Å². The molecule has 1 aromatic carbocycles. The molecule has 1 fully saturated rings. The van der Waals surface area contributed by atoms with Crippen LogP contribution in [-0.2, 0) is 0 Å². The molecule has 19 heavy (non-hydrogen) atoms. The van der Waals surface area contributed by atoms with Crippen LogP contribution in [0.3, 0.4) is 0 Å². The number of aromatic amines is 1. The summed E-state index contributed by atoms with van der Waals surface area (Å²) in [5, 5.41) is 13.8. The second-order valence-corrected chi connectivity index (χ2v) is 5.59. The standard InChI is InChI=1S/C15H21N3O/c19-15(9-5-1-2-6-10-15)11-16-14-17-12-7-3-4-8-13(12)18-14/h3-4,7-8,19H,1-2,5-6,9-11H2,(H2,16,17,18). The van der Waals surface area contributed by atoms with Crippen LogP contribution in [0.5, 0.6) is 0 Å². The predicted octanol–water partition coefficient (Wildman–Crippen LogP) is 3.06. The molecule has 0 bridgehead atoms. The predicted molar refractivity (Wildman–Crippen MR) is 77.2 cm³/mol. The van der Waals surface area contributed by atoms with Crippen molar-refractivity contribution in [2.75, 3.05) is 11.9 Å². The summed E-state index contributed by atoms with van der Waals surface area (Å²) in [4.78, 5) is 7.71. The van der Waals surface area contributed by atoms with Crippen LogP contribution >= 0.6 is 0 Å². The molecule has 0 spiro atoms. The normalized spacial score (nSPS) is 19.2. The molecule has 1 heterocycles. The third-order valence-electron chi connectivity index (χ3n) is 4.01. The van der Waals surface area contributed by atoms with E-state index in [1.54, 1.807) is 0 Å². The lowest BCUT2D eigenvalue weighted by molar-refractivity contribution is 0.0380. The van der Waals surface area contributed by atoms with Crippen molar-refractivity contribution in [2.24, 2.45) is 0 Å². The van der Waals surface area contributed by atoms with Crippen LogP contribution in [0.2, 0.25) is 0 Å². The average molecular weight is 259 g/mol. The highest BCUT2D eigenvalue weighted by atomic mass is 16.3. The first-order chi connectivity index (χ1) is 9.25. The van der Waals surface area contributed by atoms with E-state index in [0.29, 0.717) is 6.54 Å². The molecular formula is C15H21N3O. The number of para-hydroxylation sites is 2. The lowest BCUT2D eigenvalue weighted by atomic mass is 9.95. The number of hydrogen-bond acceptors (Lipinski definition) is 3. The second-order valence-electron chi connectivity index (χ2n) is 5.59. The molecule has 1 aliphatic carbocycles. The number of nitrogens with zero attached hydrogens (tertiary/aromatic N) is 1. The van der Waals surface area contributed by atoms with Gasteiger partial charge in [-0.25, -0.2) is 4.98 Å². The van der Waals surface area contributed by atoms with E-state index in [2.05, 4.69) is 15.3 Å². The molecule has 4 nitrogen and oxygen atoms in total. The van der Waals surface area contributed by atoms with Gasteiger partial charge in [-0.1, -0.05) is 37.8 Å². The summed E-state index contributed by atoms with van der Waals surface area (Å²) in [6.07, 6.45) is 6.51. The van der Waals surface area contributed by atoms with Crippen LogP contribution in [0, 0.1) is 0 Å². The Balaban J connectivity index is 1.67. The summed E-state index contributed by atoms with van der Waals surface area (Å²) in [7, 11) is 0. The van der Waals surface area contributed by atoms with Crippen LogP contribution in [0.15, 0.2) is 24.3 Å². The van der Waals surface area contributed by atoms with E-state index in [4.69, 9.17) is 0 Å². The largest absolute Gasteiger partial charge is 0.388 e. The first kappa shape index (κ1) is 12.5. The Bertz CT molecular complexity index is 508. The van der Waals surface area contributed by atoms with Crippen molar-refractivity contribution in [3.8, 4) is 0 Å². The first-order valence-electron chi connectivity index (χ1n) is 7.16. The van der Waals surface area contributed by atoms with Crippen LogP contribution in [0.1, 0.15) is 38.5 Å². The Morgan fingerprint density at radius 3 is 2.63 bits per heavy atom.